The van der Waals surface area contributed by atoms with E-state index < -0.39 is 0 Å². The molecule has 1 aromatic carbocycles. The molecule has 1 heterocycles. The molecule has 0 aliphatic carbocycles. The normalized spacial score (nSPS) is 11.1. The van der Waals surface area contributed by atoms with Gasteiger partial charge in [0.25, 0.3) is 0 Å². The van der Waals surface area contributed by atoms with Crippen molar-refractivity contribution in [3.63, 3.8) is 0 Å². The number of nitrogens with two attached hydrogens (primary N) is 1. The highest BCUT2D eigenvalue weighted by molar-refractivity contribution is 5.78. The third kappa shape index (κ3) is 2.02. The van der Waals surface area contributed by atoms with E-state index in [0.29, 0.717) is 0 Å². The molecule has 0 saturated heterocycles. The van der Waals surface area contributed by atoms with Crippen molar-refractivity contribution in [1.29, 1.82) is 0 Å². The number of benzene rings is 1. The van der Waals surface area contributed by atoms with Crippen molar-refractivity contribution < 1.29 is 0 Å². The number of para-hydroxylation sites is 1. The van der Waals surface area contributed by atoms with Crippen molar-refractivity contribution >= 4 is 11.0 Å². The fourth-order valence-corrected chi connectivity index (χ4v) is 1.82. The Kier molecular flexibility index (Phi) is 3.02. The first-order chi connectivity index (χ1) is 7.35. The molecule has 2 aromatic rings. The van der Waals surface area contributed by atoms with E-state index in [2.05, 4.69) is 35.1 Å². The Morgan fingerprint density at radius 3 is 3.00 bits per heavy atom. The zero-order chi connectivity index (χ0) is 10.7. The van der Waals surface area contributed by atoms with E-state index in [0.717, 1.165) is 42.7 Å². The third-order valence-electron chi connectivity index (χ3n) is 2.64. The van der Waals surface area contributed by atoms with Crippen LogP contribution < -0.4 is 5.73 Å². The topological polar surface area (TPSA) is 54.7 Å². The maximum absolute atomic E-state index is 5.48. The number of imidazole rings is 1. The molecule has 0 fully saturated rings. The summed E-state index contributed by atoms with van der Waals surface area (Å²) in [6.45, 7) is 2.88. The molecule has 0 spiro atoms. The first-order valence-electron chi connectivity index (χ1n) is 5.51. The minimum atomic E-state index is 0.720. The van der Waals surface area contributed by atoms with Gasteiger partial charge in [0.05, 0.1) is 11.0 Å². The van der Waals surface area contributed by atoms with Gasteiger partial charge in [-0.1, -0.05) is 19.1 Å². The summed E-state index contributed by atoms with van der Waals surface area (Å²) < 4.78 is 0. The monoisotopic (exact) mass is 203 g/mol. The molecule has 3 nitrogen and oxygen atoms in total. The van der Waals surface area contributed by atoms with Crippen LogP contribution in [0.5, 0.6) is 0 Å². The van der Waals surface area contributed by atoms with Crippen molar-refractivity contribution in [3.8, 4) is 0 Å². The van der Waals surface area contributed by atoms with Crippen LogP contribution >= 0.6 is 0 Å². The summed E-state index contributed by atoms with van der Waals surface area (Å²) in [6.07, 6.45) is 2.95. The summed E-state index contributed by atoms with van der Waals surface area (Å²) in [7, 11) is 0. The number of hydrogen-bond acceptors (Lipinski definition) is 2. The first-order valence-corrected chi connectivity index (χ1v) is 5.51. The smallest absolute Gasteiger partial charge is 0.107 e. The largest absolute Gasteiger partial charge is 0.342 e. The van der Waals surface area contributed by atoms with Crippen LogP contribution in [0.15, 0.2) is 18.2 Å². The van der Waals surface area contributed by atoms with Gasteiger partial charge in [0, 0.05) is 6.42 Å². The highest BCUT2D eigenvalue weighted by Gasteiger charge is 2.05. The van der Waals surface area contributed by atoms with Gasteiger partial charge < -0.3 is 10.7 Å². The van der Waals surface area contributed by atoms with Gasteiger partial charge in [-0.15, -0.1) is 0 Å². The SMILES string of the molecule is CCc1cccc2[nH]c(CCCN)nc12. The number of rotatable bonds is 4. The molecule has 0 aliphatic rings. The molecule has 2 rings (SSSR count). The van der Waals surface area contributed by atoms with Crippen molar-refractivity contribution in [3.05, 3.63) is 29.6 Å². The van der Waals surface area contributed by atoms with Gasteiger partial charge >= 0.3 is 0 Å². The molecule has 1 aromatic heterocycles. The van der Waals surface area contributed by atoms with Gasteiger partial charge in [0.1, 0.15) is 5.82 Å². The van der Waals surface area contributed by atoms with Crippen LogP contribution in [0, 0.1) is 0 Å². The lowest BCUT2D eigenvalue weighted by Crippen LogP contribution is -2.01. The summed E-state index contributed by atoms with van der Waals surface area (Å²) in [5.41, 5.74) is 9.05. The zero-order valence-corrected chi connectivity index (χ0v) is 9.09. The molecular formula is C12H17N3. The second kappa shape index (κ2) is 4.45. The average molecular weight is 203 g/mol. The van der Waals surface area contributed by atoms with Crippen molar-refractivity contribution in [2.45, 2.75) is 26.2 Å². The Morgan fingerprint density at radius 1 is 1.40 bits per heavy atom. The molecule has 3 heteroatoms. The number of aromatic amines is 1. The minimum absolute atomic E-state index is 0.720. The van der Waals surface area contributed by atoms with E-state index in [1.807, 2.05) is 0 Å². The lowest BCUT2D eigenvalue weighted by molar-refractivity contribution is 0.796. The molecule has 80 valence electrons. The summed E-state index contributed by atoms with van der Waals surface area (Å²) >= 11 is 0. The minimum Gasteiger partial charge on any atom is -0.342 e. The summed E-state index contributed by atoms with van der Waals surface area (Å²) in [5, 5.41) is 0. The van der Waals surface area contributed by atoms with E-state index in [9.17, 15) is 0 Å². The Hall–Kier alpha value is -1.35. The lowest BCUT2D eigenvalue weighted by Gasteiger charge is -1.95. The quantitative estimate of drug-likeness (QED) is 0.798. The van der Waals surface area contributed by atoms with E-state index in [1.165, 1.54) is 5.56 Å². The van der Waals surface area contributed by atoms with Crippen molar-refractivity contribution in [1.82, 2.24) is 9.97 Å². The Labute approximate surface area is 89.7 Å². The fourth-order valence-electron chi connectivity index (χ4n) is 1.82. The van der Waals surface area contributed by atoms with E-state index in [-0.39, 0.29) is 0 Å². The number of H-pyrrole nitrogens is 1. The Balaban J connectivity index is 2.37. The summed E-state index contributed by atoms with van der Waals surface area (Å²) in [5.74, 6) is 1.05. The lowest BCUT2D eigenvalue weighted by atomic mass is 10.1. The van der Waals surface area contributed by atoms with Gasteiger partial charge in [-0.2, -0.15) is 0 Å². The van der Waals surface area contributed by atoms with E-state index >= 15 is 0 Å². The standard InChI is InChI=1S/C12H17N3/c1-2-9-5-3-6-10-12(9)15-11(14-10)7-4-8-13/h3,5-6H,2,4,7-8,13H2,1H3,(H,14,15). The average Bonchev–Trinajstić information content (AvgIpc) is 2.68. The predicted molar refractivity (Wildman–Crippen MR) is 62.8 cm³/mol. The number of aromatic nitrogens is 2. The molecule has 0 aliphatic heterocycles. The molecule has 3 N–H and O–H groups in total. The third-order valence-corrected chi connectivity index (χ3v) is 2.64. The number of fused-ring (bicyclic) bond motifs is 1. The maximum Gasteiger partial charge on any atom is 0.107 e. The molecule has 0 radical (unpaired) electrons. The van der Waals surface area contributed by atoms with Gasteiger partial charge in [-0.25, -0.2) is 4.98 Å². The van der Waals surface area contributed by atoms with E-state index in [1.54, 1.807) is 0 Å². The van der Waals surface area contributed by atoms with Gasteiger partial charge in [0.2, 0.25) is 0 Å². The zero-order valence-electron chi connectivity index (χ0n) is 9.09. The van der Waals surface area contributed by atoms with Crippen LogP contribution in [0.3, 0.4) is 0 Å². The van der Waals surface area contributed by atoms with Crippen molar-refractivity contribution in [2.24, 2.45) is 5.73 Å². The van der Waals surface area contributed by atoms with Gasteiger partial charge in [-0.3, -0.25) is 0 Å². The van der Waals surface area contributed by atoms with Gasteiger partial charge in [-0.05, 0) is 31.0 Å². The number of hydrogen-bond donors (Lipinski definition) is 2. The summed E-state index contributed by atoms with van der Waals surface area (Å²) in [4.78, 5) is 7.95. The van der Waals surface area contributed by atoms with Gasteiger partial charge in [0.15, 0.2) is 0 Å². The molecule has 0 bridgehead atoms. The van der Waals surface area contributed by atoms with Crippen LogP contribution in [0.1, 0.15) is 24.7 Å². The second-order valence-electron chi connectivity index (χ2n) is 3.74. The molecule has 0 amide bonds. The highest BCUT2D eigenvalue weighted by Crippen LogP contribution is 2.17. The maximum atomic E-state index is 5.48. The Morgan fingerprint density at radius 2 is 2.27 bits per heavy atom. The van der Waals surface area contributed by atoms with Crippen LogP contribution in [0.2, 0.25) is 0 Å². The van der Waals surface area contributed by atoms with Crippen LogP contribution in [-0.4, -0.2) is 16.5 Å². The molecule has 0 atom stereocenters. The first kappa shape index (κ1) is 10.2. The van der Waals surface area contributed by atoms with Crippen LogP contribution in [0.4, 0.5) is 0 Å². The number of aryl methyl sites for hydroxylation is 2. The molecular weight excluding hydrogens is 186 g/mol. The molecule has 0 unspecified atom stereocenters. The van der Waals surface area contributed by atoms with Crippen LogP contribution in [-0.2, 0) is 12.8 Å². The van der Waals surface area contributed by atoms with Crippen LogP contribution in [0.25, 0.3) is 11.0 Å². The number of nitrogens with one attached hydrogen (secondary N) is 1. The van der Waals surface area contributed by atoms with E-state index in [4.69, 9.17) is 5.73 Å². The van der Waals surface area contributed by atoms with Crippen molar-refractivity contribution in [2.75, 3.05) is 6.54 Å². The Bertz CT molecular complexity index is 445. The highest BCUT2D eigenvalue weighted by atomic mass is 14.9. The number of nitrogens with zero attached hydrogens (tertiary/aromatic N) is 1. The fraction of sp³-hybridized carbons (Fsp3) is 0.417. The predicted octanol–water partition coefficient (Wildman–Crippen LogP) is 2.02. The second-order valence-corrected chi connectivity index (χ2v) is 3.74. The molecule has 15 heavy (non-hydrogen) atoms. The summed E-state index contributed by atoms with van der Waals surface area (Å²) in [6, 6.07) is 6.29. The molecule has 0 saturated carbocycles.